The summed E-state index contributed by atoms with van der Waals surface area (Å²) in [6, 6.07) is 6.39. The van der Waals surface area contributed by atoms with Crippen molar-refractivity contribution in [1.29, 1.82) is 0 Å². The first-order valence-corrected chi connectivity index (χ1v) is 7.45. The highest BCUT2D eigenvalue weighted by molar-refractivity contribution is 9.10. The summed E-state index contributed by atoms with van der Waals surface area (Å²) in [6.07, 6.45) is 0.792. The van der Waals surface area contributed by atoms with Gasteiger partial charge in [0.05, 0.1) is 21.9 Å². The molecule has 1 aromatic heterocycles. The number of nitrogens with zero attached hydrogens (tertiary/aromatic N) is 2. The Morgan fingerprint density at radius 1 is 1.30 bits per heavy atom. The molecule has 0 saturated carbocycles. The predicted octanol–water partition coefficient (Wildman–Crippen LogP) is 2.85. The first-order chi connectivity index (χ1) is 9.45. The summed E-state index contributed by atoms with van der Waals surface area (Å²) in [6.45, 7) is 6.24. The molecule has 3 N–H and O–H groups in total. The number of nitrogens with two attached hydrogens (primary N) is 1. The Morgan fingerprint density at radius 2 is 1.90 bits per heavy atom. The zero-order chi connectivity index (χ0) is 14.9. The number of hydrogen-bond donors (Lipinski definition) is 2. The van der Waals surface area contributed by atoms with E-state index in [1.807, 2.05) is 18.7 Å². The van der Waals surface area contributed by atoms with Crippen molar-refractivity contribution in [3.8, 4) is 0 Å². The molecule has 0 bridgehead atoms. The molecule has 2 rings (SSSR count). The third-order valence-electron chi connectivity index (χ3n) is 3.75. The van der Waals surface area contributed by atoms with Crippen molar-refractivity contribution in [2.24, 2.45) is 12.9 Å². The number of aromatic nitrogens is 2. The molecule has 0 saturated heterocycles. The van der Waals surface area contributed by atoms with Gasteiger partial charge in [-0.1, -0.05) is 18.2 Å². The Balaban J connectivity index is 2.39. The number of aryl methyl sites for hydroxylation is 4. The minimum absolute atomic E-state index is 0.0716. The first-order valence-electron chi connectivity index (χ1n) is 6.66. The minimum Gasteiger partial charge on any atom is -0.271 e. The summed E-state index contributed by atoms with van der Waals surface area (Å²) < 4.78 is 2.98. The molecule has 0 spiro atoms. The molecule has 0 radical (unpaired) electrons. The molecule has 1 atom stereocenters. The van der Waals surface area contributed by atoms with Crippen LogP contribution in [-0.4, -0.2) is 9.78 Å². The van der Waals surface area contributed by atoms with Crippen LogP contribution in [0, 0.1) is 20.8 Å². The second kappa shape index (κ2) is 6.08. The van der Waals surface area contributed by atoms with Crippen LogP contribution in [0.3, 0.4) is 0 Å². The first kappa shape index (κ1) is 15.2. The Morgan fingerprint density at radius 3 is 2.35 bits per heavy atom. The van der Waals surface area contributed by atoms with Crippen molar-refractivity contribution in [1.82, 2.24) is 15.2 Å². The van der Waals surface area contributed by atoms with Gasteiger partial charge in [0.25, 0.3) is 0 Å². The fourth-order valence-electron chi connectivity index (χ4n) is 2.72. The lowest BCUT2D eigenvalue weighted by molar-refractivity contribution is 0.524. The topological polar surface area (TPSA) is 55.9 Å². The third-order valence-corrected chi connectivity index (χ3v) is 4.78. The number of hydrogen-bond acceptors (Lipinski definition) is 3. The zero-order valence-electron chi connectivity index (χ0n) is 12.4. The molecule has 1 heterocycles. The number of rotatable bonds is 4. The monoisotopic (exact) mass is 336 g/mol. The van der Waals surface area contributed by atoms with Gasteiger partial charge in [0.1, 0.15) is 0 Å². The van der Waals surface area contributed by atoms with Gasteiger partial charge in [0.2, 0.25) is 0 Å². The van der Waals surface area contributed by atoms with Crippen LogP contribution in [0.25, 0.3) is 0 Å². The molecule has 1 unspecified atom stereocenters. The molecule has 5 heteroatoms. The molecule has 108 valence electrons. The van der Waals surface area contributed by atoms with Crippen molar-refractivity contribution in [3.05, 3.63) is 50.8 Å². The molecule has 0 amide bonds. The van der Waals surface area contributed by atoms with Gasteiger partial charge in [-0.2, -0.15) is 5.10 Å². The van der Waals surface area contributed by atoms with Gasteiger partial charge < -0.3 is 0 Å². The van der Waals surface area contributed by atoms with E-state index < -0.39 is 0 Å². The second-order valence-corrected chi connectivity index (χ2v) is 5.99. The molecule has 1 aromatic carbocycles. The molecule has 4 nitrogen and oxygen atoms in total. The quantitative estimate of drug-likeness (QED) is 0.666. The molecular formula is C15H21BrN4. The van der Waals surface area contributed by atoms with E-state index in [0.717, 1.165) is 22.3 Å². The maximum Gasteiger partial charge on any atom is 0.0738 e. The van der Waals surface area contributed by atoms with Crippen LogP contribution in [-0.2, 0) is 13.5 Å². The van der Waals surface area contributed by atoms with Crippen molar-refractivity contribution < 1.29 is 0 Å². The normalized spacial score (nSPS) is 12.7. The highest BCUT2D eigenvalue weighted by Gasteiger charge is 2.20. The molecular weight excluding hydrogens is 316 g/mol. The van der Waals surface area contributed by atoms with Crippen molar-refractivity contribution >= 4 is 15.9 Å². The average Bonchev–Trinajstić information content (AvgIpc) is 2.63. The van der Waals surface area contributed by atoms with Crippen LogP contribution >= 0.6 is 15.9 Å². The van der Waals surface area contributed by atoms with Gasteiger partial charge in [-0.25, -0.2) is 0 Å². The van der Waals surface area contributed by atoms with Crippen molar-refractivity contribution in [2.45, 2.75) is 33.2 Å². The van der Waals surface area contributed by atoms with E-state index in [1.54, 1.807) is 0 Å². The van der Waals surface area contributed by atoms with Crippen LogP contribution in [0.2, 0.25) is 0 Å². The smallest absolute Gasteiger partial charge is 0.0738 e. The summed E-state index contributed by atoms with van der Waals surface area (Å²) in [5.74, 6) is 5.80. The summed E-state index contributed by atoms with van der Waals surface area (Å²) in [4.78, 5) is 0. The SMILES string of the molecule is Cc1cccc(C)c1C(Cc1c(Br)c(C)nn1C)NN. The van der Waals surface area contributed by atoms with Crippen LogP contribution in [0.15, 0.2) is 22.7 Å². The maximum atomic E-state index is 5.80. The van der Waals surface area contributed by atoms with E-state index in [-0.39, 0.29) is 6.04 Å². The zero-order valence-corrected chi connectivity index (χ0v) is 14.0. The predicted molar refractivity (Wildman–Crippen MR) is 85.3 cm³/mol. The Labute approximate surface area is 128 Å². The third kappa shape index (κ3) is 2.80. The standard InChI is InChI=1S/C15H21BrN4/c1-9-6-5-7-10(2)14(9)12(18-17)8-13-15(16)11(3)19-20(13)4/h5-7,12,18H,8,17H2,1-4H3. The molecule has 0 aliphatic rings. The highest BCUT2D eigenvalue weighted by Crippen LogP contribution is 2.28. The highest BCUT2D eigenvalue weighted by atomic mass is 79.9. The lowest BCUT2D eigenvalue weighted by Crippen LogP contribution is -2.31. The maximum absolute atomic E-state index is 5.80. The van der Waals surface area contributed by atoms with E-state index in [4.69, 9.17) is 5.84 Å². The lowest BCUT2D eigenvalue weighted by Gasteiger charge is -2.21. The van der Waals surface area contributed by atoms with E-state index in [2.05, 4.69) is 58.5 Å². The second-order valence-electron chi connectivity index (χ2n) is 5.20. The largest absolute Gasteiger partial charge is 0.271 e. The number of hydrazine groups is 1. The van der Waals surface area contributed by atoms with Crippen molar-refractivity contribution in [3.63, 3.8) is 0 Å². The van der Waals surface area contributed by atoms with E-state index in [9.17, 15) is 0 Å². The fourth-order valence-corrected chi connectivity index (χ4v) is 3.21. The van der Waals surface area contributed by atoms with Crippen LogP contribution < -0.4 is 11.3 Å². The van der Waals surface area contributed by atoms with Gasteiger partial charge in [-0.05, 0) is 53.4 Å². The summed E-state index contributed by atoms with van der Waals surface area (Å²) in [5, 5.41) is 4.44. The molecule has 2 aromatic rings. The van der Waals surface area contributed by atoms with Gasteiger partial charge in [-0.3, -0.25) is 16.0 Å². The molecule has 20 heavy (non-hydrogen) atoms. The summed E-state index contributed by atoms with van der Waals surface area (Å²) in [5.41, 5.74) is 8.87. The summed E-state index contributed by atoms with van der Waals surface area (Å²) >= 11 is 3.62. The van der Waals surface area contributed by atoms with Crippen LogP contribution in [0.4, 0.5) is 0 Å². The van der Waals surface area contributed by atoms with Crippen molar-refractivity contribution in [2.75, 3.05) is 0 Å². The Bertz CT molecular complexity index is 598. The van der Waals surface area contributed by atoms with Gasteiger partial charge in [0, 0.05) is 13.5 Å². The lowest BCUT2D eigenvalue weighted by atomic mass is 9.93. The van der Waals surface area contributed by atoms with Gasteiger partial charge in [0.15, 0.2) is 0 Å². The number of benzene rings is 1. The van der Waals surface area contributed by atoms with E-state index in [0.29, 0.717) is 0 Å². The Kier molecular flexibility index (Phi) is 4.62. The van der Waals surface area contributed by atoms with Gasteiger partial charge in [-0.15, -0.1) is 0 Å². The molecule has 0 aliphatic heterocycles. The number of nitrogens with one attached hydrogen (secondary N) is 1. The van der Waals surface area contributed by atoms with E-state index >= 15 is 0 Å². The average molecular weight is 337 g/mol. The Hall–Kier alpha value is -1.17. The number of halogens is 1. The van der Waals surface area contributed by atoms with Crippen LogP contribution in [0.1, 0.15) is 34.1 Å². The summed E-state index contributed by atoms with van der Waals surface area (Å²) in [7, 11) is 1.96. The molecule has 0 aliphatic carbocycles. The van der Waals surface area contributed by atoms with Crippen LogP contribution in [0.5, 0.6) is 0 Å². The van der Waals surface area contributed by atoms with E-state index in [1.165, 1.54) is 16.7 Å². The van der Waals surface area contributed by atoms with Gasteiger partial charge >= 0.3 is 0 Å². The minimum atomic E-state index is 0.0716. The fraction of sp³-hybridized carbons (Fsp3) is 0.400. The molecule has 0 fully saturated rings.